The van der Waals surface area contributed by atoms with Gasteiger partial charge in [0.1, 0.15) is 11.2 Å². The van der Waals surface area contributed by atoms with Crippen molar-refractivity contribution in [3.8, 4) is 0 Å². The van der Waals surface area contributed by atoms with Crippen LogP contribution in [0.3, 0.4) is 0 Å². The molecule has 0 bridgehead atoms. The van der Waals surface area contributed by atoms with Gasteiger partial charge in [-0.2, -0.15) is 0 Å². The minimum absolute atomic E-state index is 0.0646. The number of hydrogen-bond acceptors (Lipinski definition) is 4. The van der Waals surface area contributed by atoms with Crippen molar-refractivity contribution in [3.05, 3.63) is 68.3 Å². The van der Waals surface area contributed by atoms with Gasteiger partial charge < -0.3 is 24.8 Å². The number of carbonyl (C=O) groups is 1. The Morgan fingerprint density at radius 2 is 1.90 bits per heavy atom. The molecule has 0 radical (unpaired) electrons. The summed E-state index contributed by atoms with van der Waals surface area (Å²) in [6.07, 6.45) is -1.39. The van der Waals surface area contributed by atoms with Gasteiger partial charge in [0.2, 0.25) is 0 Å². The molecule has 3 N–H and O–H groups in total. The largest absolute Gasteiger partial charge is 0.376 e. The third-order valence-electron chi connectivity index (χ3n) is 5.36. The number of aliphatic hydroxyl groups is 2. The van der Waals surface area contributed by atoms with E-state index in [1.54, 1.807) is 41.9 Å². The number of rotatable bonds is 5. The molecule has 0 saturated carbocycles. The fourth-order valence-electron chi connectivity index (χ4n) is 3.73. The van der Waals surface area contributed by atoms with Gasteiger partial charge in [-0.3, -0.25) is 4.79 Å². The highest BCUT2D eigenvalue weighted by Gasteiger charge is 2.43. The van der Waals surface area contributed by atoms with Gasteiger partial charge in [-0.25, -0.2) is 0 Å². The lowest BCUT2D eigenvalue weighted by Gasteiger charge is -2.43. The van der Waals surface area contributed by atoms with Gasteiger partial charge in [0.05, 0.1) is 23.3 Å². The van der Waals surface area contributed by atoms with Crippen LogP contribution in [0.25, 0.3) is 10.9 Å². The van der Waals surface area contributed by atoms with Gasteiger partial charge in [0.25, 0.3) is 5.91 Å². The van der Waals surface area contributed by atoms with Crippen LogP contribution in [0.5, 0.6) is 0 Å². The maximum atomic E-state index is 13.2. The zero-order valence-corrected chi connectivity index (χ0v) is 18.2. The maximum Gasteiger partial charge on any atom is 0.268 e. The van der Waals surface area contributed by atoms with E-state index in [0.717, 1.165) is 5.52 Å². The summed E-state index contributed by atoms with van der Waals surface area (Å²) in [5.41, 5.74) is 1.83. The maximum absolute atomic E-state index is 13.2. The Hall–Kier alpha value is -1.80. The number of aryl methyl sites for hydroxylation is 1. The number of aromatic nitrogens is 1. The molecular weight excluding hydrogens is 451 g/mol. The Labute approximate surface area is 187 Å². The second-order valence-corrected chi connectivity index (χ2v) is 8.60. The zero-order chi connectivity index (χ0) is 21.6. The van der Waals surface area contributed by atoms with Crippen LogP contribution in [-0.2, 0) is 23.7 Å². The first-order valence-electron chi connectivity index (χ1n) is 9.20. The molecule has 2 heterocycles. The lowest BCUT2D eigenvalue weighted by atomic mass is 9.86. The number of fused-ring (bicyclic) bond motifs is 1. The Morgan fingerprint density at radius 1 is 1.17 bits per heavy atom. The molecule has 1 amide bonds. The smallest absolute Gasteiger partial charge is 0.268 e. The van der Waals surface area contributed by atoms with Gasteiger partial charge in [0.15, 0.2) is 6.29 Å². The number of carbonyl (C=O) groups excluding carboxylic acids is 1. The first kappa shape index (κ1) is 21.4. The van der Waals surface area contributed by atoms with E-state index < -0.39 is 11.8 Å². The topological polar surface area (TPSA) is 83.7 Å². The van der Waals surface area contributed by atoms with E-state index in [4.69, 9.17) is 49.8 Å². The van der Waals surface area contributed by atoms with Gasteiger partial charge in [-0.05, 0) is 29.8 Å². The van der Waals surface area contributed by atoms with Gasteiger partial charge in [0, 0.05) is 35.0 Å². The summed E-state index contributed by atoms with van der Waals surface area (Å²) in [5.74, 6) is -0.296. The van der Waals surface area contributed by atoms with E-state index in [9.17, 15) is 4.79 Å². The summed E-state index contributed by atoms with van der Waals surface area (Å²) >= 11 is 18.9. The van der Waals surface area contributed by atoms with Crippen LogP contribution in [0.15, 0.2) is 36.4 Å². The highest BCUT2D eigenvalue weighted by atomic mass is 35.5. The van der Waals surface area contributed by atoms with Crippen LogP contribution in [0.2, 0.25) is 15.1 Å². The predicted octanol–water partition coefficient (Wildman–Crippen LogP) is 3.65. The van der Waals surface area contributed by atoms with E-state index in [0.29, 0.717) is 37.3 Å². The SMILES string of the molecule is Cn1c(C(=O)NC2(c3ccc(CC(O)O)cc3Cl)COC2)cc2c(Cl)c(Cl)ccc21. The third-order valence-corrected chi connectivity index (χ3v) is 6.49. The molecule has 1 aromatic heterocycles. The molecule has 6 nitrogen and oxygen atoms in total. The van der Waals surface area contributed by atoms with Crippen molar-refractivity contribution in [2.75, 3.05) is 13.2 Å². The van der Waals surface area contributed by atoms with Crippen molar-refractivity contribution in [1.82, 2.24) is 9.88 Å². The minimum atomic E-state index is -1.46. The quantitative estimate of drug-likeness (QED) is 0.498. The van der Waals surface area contributed by atoms with Crippen molar-refractivity contribution < 1.29 is 19.7 Å². The van der Waals surface area contributed by atoms with Crippen LogP contribution >= 0.6 is 34.8 Å². The Bertz CT molecular complexity index is 1140. The summed E-state index contributed by atoms with van der Waals surface area (Å²) in [7, 11) is 1.79. The first-order chi connectivity index (χ1) is 14.2. The molecule has 30 heavy (non-hydrogen) atoms. The summed E-state index contributed by atoms with van der Waals surface area (Å²) in [6, 6.07) is 10.4. The number of amides is 1. The molecule has 4 rings (SSSR count). The molecule has 158 valence electrons. The number of hydrogen-bond donors (Lipinski definition) is 3. The van der Waals surface area contributed by atoms with Crippen LogP contribution in [0, 0.1) is 0 Å². The number of ether oxygens (including phenoxy) is 1. The highest BCUT2D eigenvalue weighted by molar-refractivity contribution is 6.45. The molecule has 0 spiro atoms. The summed E-state index contributed by atoms with van der Waals surface area (Å²) in [6.45, 7) is 0.550. The van der Waals surface area contributed by atoms with Crippen molar-refractivity contribution in [3.63, 3.8) is 0 Å². The lowest BCUT2D eigenvalue weighted by Crippen LogP contribution is -2.59. The molecule has 1 aliphatic heterocycles. The second kappa shape index (κ2) is 8.04. The van der Waals surface area contributed by atoms with E-state index in [1.165, 1.54) is 0 Å². The molecule has 0 aliphatic carbocycles. The fraction of sp³-hybridized carbons (Fsp3) is 0.286. The molecule has 1 aliphatic rings. The number of benzene rings is 2. The van der Waals surface area contributed by atoms with Gasteiger partial charge >= 0.3 is 0 Å². The summed E-state index contributed by atoms with van der Waals surface area (Å²) < 4.78 is 7.16. The second-order valence-electron chi connectivity index (χ2n) is 7.41. The van der Waals surface area contributed by atoms with Crippen LogP contribution in [0.1, 0.15) is 21.6 Å². The van der Waals surface area contributed by atoms with Gasteiger partial charge in [-0.1, -0.05) is 46.9 Å². The predicted molar refractivity (Wildman–Crippen MR) is 116 cm³/mol. The Morgan fingerprint density at radius 3 is 2.50 bits per heavy atom. The zero-order valence-electron chi connectivity index (χ0n) is 16.0. The molecule has 0 atom stereocenters. The van der Waals surface area contributed by atoms with Crippen LogP contribution in [0.4, 0.5) is 0 Å². The molecule has 1 saturated heterocycles. The standard InChI is InChI=1S/C21H19Cl3N2O4/c1-26-16-5-4-14(22)19(24)12(16)8-17(26)20(29)25-21(9-30-10-21)13-3-2-11(6-15(13)23)7-18(27)28/h2-6,8,18,27-28H,7,9-10H2,1H3,(H,25,29). The summed E-state index contributed by atoms with van der Waals surface area (Å²) in [4.78, 5) is 13.2. The summed E-state index contributed by atoms with van der Waals surface area (Å²) in [5, 5.41) is 23.3. The average Bonchev–Trinajstić information content (AvgIpc) is 2.99. The van der Waals surface area contributed by atoms with Gasteiger partial charge in [-0.15, -0.1) is 0 Å². The Kier molecular flexibility index (Phi) is 5.74. The third kappa shape index (κ3) is 3.68. The number of halogens is 3. The normalized spacial score (nSPS) is 15.4. The molecule has 9 heteroatoms. The monoisotopic (exact) mass is 468 g/mol. The number of nitrogens with one attached hydrogen (secondary N) is 1. The molecular formula is C21H19Cl3N2O4. The first-order valence-corrected chi connectivity index (χ1v) is 10.3. The fourth-order valence-corrected chi connectivity index (χ4v) is 4.50. The van der Waals surface area contributed by atoms with Crippen molar-refractivity contribution >= 4 is 51.6 Å². The number of aliphatic hydroxyl groups excluding tert-OH is 1. The van der Waals surface area contributed by atoms with Crippen LogP contribution < -0.4 is 5.32 Å². The van der Waals surface area contributed by atoms with E-state index >= 15 is 0 Å². The van der Waals surface area contributed by atoms with Crippen molar-refractivity contribution in [2.24, 2.45) is 7.05 Å². The van der Waals surface area contributed by atoms with E-state index in [-0.39, 0.29) is 25.5 Å². The van der Waals surface area contributed by atoms with Crippen molar-refractivity contribution in [2.45, 2.75) is 18.2 Å². The minimum Gasteiger partial charge on any atom is -0.376 e. The Balaban J connectivity index is 1.66. The van der Waals surface area contributed by atoms with E-state index in [1.807, 2.05) is 6.07 Å². The van der Waals surface area contributed by atoms with Crippen LogP contribution in [-0.4, -0.2) is 40.2 Å². The average molecular weight is 470 g/mol. The molecule has 3 aromatic rings. The van der Waals surface area contributed by atoms with Crippen molar-refractivity contribution in [1.29, 1.82) is 0 Å². The molecule has 1 fully saturated rings. The molecule has 0 unspecified atom stereocenters. The highest BCUT2D eigenvalue weighted by Crippen LogP contribution is 2.36. The molecule has 2 aromatic carbocycles. The van der Waals surface area contributed by atoms with E-state index in [2.05, 4.69) is 5.32 Å². The lowest BCUT2D eigenvalue weighted by molar-refractivity contribution is -0.0734. The number of nitrogens with zero attached hydrogens (tertiary/aromatic N) is 1.